The molecule has 0 spiro atoms. The molecule has 0 aromatic heterocycles. The van der Waals surface area contributed by atoms with E-state index in [1.807, 2.05) is 0 Å². The van der Waals surface area contributed by atoms with Gasteiger partial charge in [0.2, 0.25) is 0 Å². The summed E-state index contributed by atoms with van der Waals surface area (Å²) < 4.78 is 20.5. The second-order valence-electron chi connectivity index (χ2n) is 4.88. The molecule has 0 unspecified atom stereocenters. The van der Waals surface area contributed by atoms with Crippen molar-refractivity contribution in [2.45, 2.75) is 5.79 Å². The van der Waals surface area contributed by atoms with E-state index in [4.69, 9.17) is 42.1 Å². The van der Waals surface area contributed by atoms with Gasteiger partial charge in [0.25, 0.3) is 0 Å². The van der Waals surface area contributed by atoms with Crippen molar-refractivity contribution in [1.29, 1.82) is 0 Å². The lowest BCUT2D eigenvalue weighted by Gasteiger charge is -2.32. The van der Waals surface area contributed by atoms with E-state index in [9.17, 15) is 9.59 Å². The van der Waals surface area contributed by atoms with Crippen LogP contribution >= 0.6 is 23.2 Å². The third-order valence-electron chi connectivity index (χ3n) is 4.33. The van der Waals surface area contributed by atoms with Crippen LogP contribution in [0.4, 0.5) is 0 Å². The zero-order chi connectivity index (χ0) is 15.9. The Bertz CT molecular complexity index is 459. The first-order valence-corrected chi connectivity index (χ1v) is 6.97. The zero-order valence-electron chi connectivity index (χ0n) is 12.0. The maximum absolute atomic E-state index is 12.1. The topological polar surface area (TPSA) is 71.1 Å². The van der Waals surface area contributed by atoms with Gasteiger partial charge in [0.1, 0.15) is 0 Å². The molecule has 2 rings (SSSR count). The molecule has 118 valence electrons. The fourth-order valence-corrected chi connectivity index (χ4v) is 4.31. The Kier molecular flexibility index (Phi) is 4.54. The average molecular weight is 339 g/mol. The van der Waals surface area contributed by atoms with Gasteiger partial charge >= 0.3 is 11.9 Å². The van der Waals surface area contributed by atoms with E-state index in [1.165, 1.54) is 28.4 Å². The van der Waals surface area contributed by atoms with Crippen molar-refractivity contribution in [3.63, 3.8) is 0 Å². The number of carbonyl (C=O) groups excluding carboxylic acids is 2. The molecule has 0 aromatic rings. The molecule has 1 saturated carbocycles. The van der Waals surface area contributed by atoms with Crippen molar-refractivity contribution >= 4 is 35.1 Å². The molecule has 2 aliphatic carbocycles. The number of ether oxygens (including phenoxy) is 4. The summed E-state index contributed by atoms with van der Waals surface area (Å²) in [4.78, 5) is 24.3. The summed E-state index contributed by atoms with van der Waals surface area (Å²) in [5, 5.41) is 0.502. The molecule has 8 heteroatoms. The number of methoxy groups -OCH3 is 4. The largest absolute Gasteiger partial charge is 0.469 e. The standard InChI is InChI=1S/C13H16Cl2O6/c1-18-11(16)5-6(12(17)19-2)8-10(15)9(14)7(5)13(8,20-3)21-4/h5-8H,1-4H3/t5-,6+,7+,8-. The van der Waals surface area contributed by atoms with Gasteiger partial charge in [0, 0.05) is 24.3 Å². The first kappa shape index (κ1) is 16.5. The fraction of sp³-hybridized carbons (Fsp3) is 0.692. The van der Waals surface area contributed by atoms with Gasteiger partial charge in [0.05, 0.1) is 37.9 Å². The summed E-state index contributed by atoms with van der Waals surface area (Å²) >= 11 is 12.5. The molecule has 0 saturated heterocycles. The molecular weight excluding hydrogens is 323 g/mol. The number of carbonyl (C=O) groups is 2. The number of hydrogen-bond acceptors (Lipinski definition) is 6. The highest BCUT2D eigenvalue weighted by Crippen LogP contribution is 2.64. The molecule has 2 bridgehead atoms. The molecule has 2 aliphatic rings. The quantitative estimate of drug-likeness (QED) is 0.571. The number of hydrogen-bond donors (Lipinski definition) is 0. The third kappa shape index (κ3) is 2.00. The van der Waals surface area contributed by atoms with Crippen molar-refractivity contribution in [3.05, 3.63) is 10.1 Å². The van der Waals surface area contributed by atoms with E-state index < -0.39 is 41.4 Å². The lowest BCUT2D eigenvalue weighted by atomic mass is 9.82. The summed E-state index contributed by atoms with van der Waals surface area (Å²) in [6.07, 6.45) is 0. The highest BCUT2D eigenvalue weighted by Gasteiger charge is 2.72. The maximum atomic E-state index is 12.1. The Labute approximate surface area is 132 Å². The van der Waals surface area contributed by atoms with Crippen LogP contribution < -0.4 is 0 Å². The van der Waals surface area contributed by atoms with Gasteiger partial charge in [-0.2, -0.15) is 0 Å². The smallest absolute Gasteiger partial charge is 0.310 e. The first-order valence-electron chi connectivity index (χ1n) is 6.22. The lowest BCUT2D eigenvalue weighted by Crippen LogP contribution is -2.42. The van der Waals surface area contributed by atoms with E-state index in [0.29, 0.717) is 0 Å². The minimum absolute atomic E-state index is 0.251. The van der Waals surface area contributed by atoms with Crippen molar-refractivity contribution in [3.8, 4) is 0 Å². The fourth-order valence-electron chi connectivity index (χ4n) is 3.50. The number of esters is 2. The molecule has 21 heavy (non-hydrogen) atoms. The van der Waals surface area contributed by atoms with Crippen molar-refractivity contribution in [1.82, 2.24) is 0 Å². The minimum Gasteiger partial charge on any atom is -0.469 e. The molecular formula is C13H16Cl2O6. The first-order chi connectivity index (χ1) is 9.91. The summed E-state index contributed by atoms with van der Waals surface area (Å²) in [5.41, 5.74) is 0. The van der Waals surface area contributed by atoms with E-state index in [-0.39, 0.29) is 10.1 Å². The number of rotatable bonds is 4. The number of halogens is 2. The monoisotopic (exact) mass is 338 g/mol. The van der Waals surface area contributed by atoms with E-state index in [0.717, 1.165) is 0 Å². The molecule has 6 nitrogen and oxygen atoms in total. The van der Waals surface area contributed by atoms with E-state index in [2.05, 4.69) is 0 Å². The Hall–Kier alpha value is -0.820. The van der Waals surface area contributed by atoms with Crippen LogP contribution in [0.3, 0.4) is 0 Å². The van der Waals surface area contributed by atoms with Crippen molar-refractivity contribution in [2.75, 3.05) is 28.4 Å². The van der Waals surface area contributed by atoms with Crippen molar-refractivity contribution < 1.29 is 28.5 Å². The molecule has 0 N–H and O–H groups in total. The molecule has 1 fully saturated rings. The van der Waals surface area contributed by atoms with Crippen LogP contribution in [0.25, 0.3) is 0 Å². The second kappa shape index (κ2) is 5.76. The van der Waals surface area contributed by atoms with Crippen LogP contribution in [0.15, 0.2) is 10.1 Å². The predicted octanol–water partition coefficient (Wildman–Crippen LogP) is 1.50. The third-order valence-corrected chi connectivity index (χ3v) is 5.31. The van der Waals surface area contributed by atoms with Crippen LogP contribution in [0.1, 0.15) is 0 Å². The Morgan fingerprint density at radius 3 is 1.43 bits per heavy atom. The molecule has 4 atom stereocenters. The second-order valence-corrected chi connectivity index (χ2v) is 5.69. The van der Waals surface area contributed by atoms with Crippen LogP contribution in [-0.2, 0) is 28.5 Å². The Morgan fingerprint density at radius 1 is 0.857 bits per heavy atom. The van der Waals surface area contributed by atoms with E-state index in [1.54, 1.807) is 0 Å². The average Bonchev–Trinajstić information content (AvgIpc) is 2.92. The molecule has 0 aromatic carbocycles. The Balaban J connectivity index is 2.61. The number of fused-ring (bicyclic) bond motifs is 2. The molecule has 0 aliphatic heterocycles. The molecule has 0 heterocycles. The van der Waals surface area contributed by atoms with Gasteiger partial charge in [0.15, 0.2) is 5.79 Å². The van der Waals surface area contributed by atoms with Gasteiger partial charge in [-0.3, -0.25) is 9.59 Å². The summed E-state index contributed by atoms with van der Waals surface area (Å²) in [6.45, 7) is 0. The van der Waals surface area contributed by atoms with Gasteiger partial charge in [-0.25, -0.2) is 0 Å². The SMILES string of the molecule is COC(=O)[C@@H]1[C@H](C(=O)OC)[C@@H]2C(Cl)=C(Cl)[C@H]1C2(OC)OC. The highest BCUT2D eigenvalue weighted by molar-refractivity contribution is 6.40. The minimum atomic E-state index is -1.29. The van der Waals surface area contributed by atoms with Crippen LogP contribution in [-0.4, -0.2) is 46.2 Å². The van der Waals surface area contributed by atoms with Gasteiger partial charge < -0.3 is 18.9 Å². The van der Waals surface area contributed by atoms with Crippen LogP contribution in [0, 0.1) is 23.7 Å². The zero-order valence-corrected chi connectivity index (χ0v) is 13.5. The van der Waals surface area contributed by atoms with E-state index >= 15 is 0 Å². The normalized spacial score (nSPS) is 33.2. The molecule has 0 amide bonds. The maximum Gasteiger partial charge on any atom is 0.310 e. The Morgan fingerprint density at radius 2 is 1.19 bits per heavy atom. The molecule has 0 radical (unpaired) electrons. The highest BCUT2D eigenvalue weighted by atomic mass is 35.5. The predicted molar refractivity (Wildman–Crippen MR) is 73.5 cm³/mol. The van der Waals surface area contributed by atoms with Crippen LogP contribution in [0.2, 0.25) is 0 Å². The summed E-state index contributed by atoms with van der Waals surface area (Å²) in [6, 6.07) is 0. The van der Waals surface area contributed by atoms with Gasteiger partial charge in [-0.05, 0) is 0 Å². The van der Waals surface area contributed by atoms with Crippen molar-refractivity contribution in [2.24, 2.45) is 23.7 Å². The van der Waals surface area contributed by atoms with Gasteiger partial charge in [-0.1, -0.05) is 23.2 Å². The summed E-state index contributed by atoms with van der Waals surface area (Å²) in [7, 11) is 5.31. The van der Waals surface area contributed by atoms with Gasteiger partial charge in [-0.15, -0.1) is 0 Å². The van der Waals surface area contributed by atoms with Crippen LogP contribution in [0.5, 0.6) is 0 Å². The lowest BCUT2D eigenvalue weighted by molar-refractivity contribution is -0.236. The summed E-state index contributed by atoms with van der Waals surface area (Å²) in [5.74, 6) is -5.64.